The Balaban J connectivity index is 1.48. The number of anilines is 1. The van der Waals surface area contributed by atoms with Crippen molar-refractivity contribution < 1.29 is 14.3 Å². The van der Waals surface area contributed by atoms with Gasteiger partial charge in [-0.2, -0.15) is 5.10 Å². The first kappa shape index (κ1) is 19.6. The standard InChI is InChI=1S/C22H28N4O3/c1-3-26-17(2)19(14-23-26)21(28)24-12-7-10-22(11-13-24)16-25(20(27)15-29-22)18-8-5-4-6-9-18/h4-6,8-9,14H,3,7,10-13,15-16H2,1-2H3. The zero-order valence-corrected chi connectivity index (χ0v) is 17.1. The molecule has 1 spiro atoms. The summed E-state index contributed by atoms with van der Waals surface area (Å²) in [5, 5.41) is 4.31. The normalized spacial score (nSPS) is 22.8. The molecule has 29 heavy (non-hydrogen) atoms. The molecule has 7 heteroatoms. The molecule has 2 fully saturated rings. The molecule has 1 aromatic heterocycles. The third-order valence-corrected chi connectivity index (χ3v) is 6.14. The summed E-state index contributed by atoms with van der Waals surface area (Å²) < 4.78 is 7.93. The summed E-state index contributed by atoms with van der Waals surface area (Å²) in [6.45, 7) is 6.64. The van der Waals surface area contributed by atoms with E-state index < -0.39 is 5.60 Å². The molecular weight excluding hydrogens is 368 g/mol. The van der Waals surface area contributed by atoms with Crippen LogP contribution < -0.4 is 4.90 Å². The number of aromatic nitrogens is 2. The van der Waals surface area contributed by atoms with Gasteiger partial charge in [0.1, 0.15) is 6.61 Å². The Labute approximate surface area is 171 Å². The molecule has 3 heterocycles. The summed E-state index contributed by atoms with van der Waals surface area (Å²) in [6.07, 6.45) is 4.08. The van der Waals surface area contributed by atoms with E-state index in [9.17, 15) is 9.59 Å². The number of rotatable bonds is 3. The highest BCUT2D eigenvalue weighted by Gasteiger charge is 2.42. The molecule has 0 radical (unpaired) electrons. The molecular formula is C22H28N4O3. The van der Waals surface area contributed by atoms with Crippen molar-refractivity contribution in [1.82, 2.24) is 14.7 Å². The van der Waals surface area contributed by atoms with Crippen molar-refractivity contribution in [3.05, 3.63) is 47.8 Å². The summed E-state index contributed by atoms with van der Waals surface area (Å²) >= 11 is 0. The number of ether oxygens (including phenoxy) is 1. The highest BCUT2D eigenvalue weighted by Crippen LogP contribution is 2.33. The number of benzene rings is 1. The van der Waals surface area contributed by atoms with Gasteiger partial charge in [0.15, 0.2) is 0 Å². The SMILES string of the molecule is CCn1ncc(C(=O)N2CCCC3(CC2)CN(c2ccccc2)C(=O)CO3)c1C. The van der Waals surface area contributed by atoms with Crippen LogP contribution in [0.15, 0.2) is 36.5 Å². The second kappa shape index (κ2) is 7.99. The first-order chi connectivity index (χ1) is 14.0. The second-order valence-corrected chi connectivity index (χ2v) is 7.89. The average molecular weight is 396 g/mol. The van der Waals surface area contributed by atoms with Crippen molar-refractivity contribution in [2.45, 2.75) is 45.3 Å². The number of likely N-dealkylation sites (tertiary alicyclic amines) is 1. The largest absolute Gasteiger partial charge is 0.363 e. The minimum atomic E-state index is -0.401. The fourth-order valence-electron chi connectivity index (χ4n) is 4.38. The molecule has 2 aliphatic rings. The molecule has 4 rings (SSSR count). The summed E-state index contributed by atoms with van der Waals surface area (Å²) in [5.74, 6) is 0.0210. The lowest BCUT2D eigenvalue weighted by Crippen LogP contribution is -2.55. The Morgan fingerprint density at radius 1 is 1.21 bits per heavy atom. The van der Waals surface area contributed by atoms with Crippen LogP contribution in [0.1, 0.15) is 42.2 Å². The molecule has 0 saturated carbocycles. The molecule has 1 unspecified atom stereocenters. The van der Waals surface area contributed by atoms with E-state index in [-0.39, 0.29) is 18.4 Å². The summed E-state index contributed by atoms with van der Waals surface area (Å²) in [4.78, 5) is 29.3. The third-order valence-electron chi connectivity index (χ3n) is 6.14. The number of carbonyl (C=O) groups is 2. The molecule has 0 bridgehead atoms. The molecule has 2 amide bonds. The van der Waals surface area contributed by atoms with Crippen molar-refractivity contribution in [3.63, 3.8) is 0 Å². The van der Waals surface area contributed by atoms with Crippen LogP contribution in [0.5, 0.6) is 0 Å². The Kier molecular flexibility index (Phi) is 5.41. The quantitative estimate of drug-likeness (QED) is 0.800. The monoisotopic (exact) mass is 396 g/mol. The van der Waals surface area contributed by atoms with E-state index in [2.05, 4.69) is 5.10 Å². The lowest BCUT2D eigenvalue weighted by Gasteiger charge is -2.42. The van der Waals surface area contributed by atoms with Crippen LogP contribution in [-0.4, -0.2) is 58.3 Å². The molecule has 0 aliphatic carbocycles. The Bertz CT molecular complexity index is 895. The highest BCUT2D eigenvalue weighted by atomic mass is 16.5. The number of para-hydroxylation sites is 1. The number of amides is 2. The maximum atomic E-state index is 13.1. The van der Waals surface area contributed by atoms with E-state index >= 15 is 0 Å². The number of carbonyl (C=O) groups excluding carboxylic acids is 2. The number of hydrogen-bond donors (Lipinski definition) is 0. The third kappa shape index (κ3) is 3.79. The van der Waals surface area contributed by atoms with E-state index in [0.29, 0.717) is 25.2 Å². The fourth-order valence-corrected chi connectivity index (χ4v) is 4.38. The average Bonchev–Trinajstić information content (AvgIpc) is 3.00. The maximum Gasteiger partial charge on any atom is 0.257 e. The molecule has 1 aromatic carbocycles. The first-order valence-electron chi connectivity index (χ1n) is 10.3. The van der Waals surface area contributed by atoms with Crippen LogP contribution in [-0.2, 0) is 16.1 Å². The van der Waals surface area contributed by atoms with Gasteiger partial charge >= 0.3 is 0 Å². The highest BCUT2D eigenvalue weighted by molar-refractivity contribution is 5.96. The van der Waals surface area contributed by atoms with Crippen molar-refractivity contribution in [1.29, 1.82) is 0 Å². The molecule has 2 saturated heterocycles. The number of morpholine rings is 1. The number of aryl methyl sites for hydroxylation is 1. The van der Waals surface area contributed by atoms with E-state index in [1.807, 2.05) is 58.7 Å². The van der Waals surface area contributed by atoms with Gasteiger partial charge in [0.05, 0.1) is 23.9 Å². The van der Waals surface area contributed by atoms with Crippen LogP contribution in [0.3, 0.4) is 0 Å². The smallest absolute Gasteiger partial charge is 0.257 e. The van der Waals surface area contributed by atoms with E-state index in [0.717, 1.165) is 37.2 Å². The topological polar surface area (TPSA) is 67.7 Å². The van der Waals surface area contributed by atoms with Crippen LogP contribution in [0.4, 0.5) is 5.69 Å². The maximum absolute atomic E-state index is 13.1. The minimum Gasteiger partial charge on any atom is -0.363 e. The van der Waals surface area contributed by atoms with E-state index in [4.69, 9.17) is 4.74 Å². The lowest BCUT2D eigenvalue weighted by atomic mass is 9.92. The van der Waals surface area contributed by atoms with Crippen LogP contribution >= 0.6 is 0 Å². The summed E-state index contributed by atoms with van der Waals surface area (Å²) in [6, 6.07) is 9.74. The predicted octanol–water partition coefficient (Wildman–Crippen LogP) is 2.64. The molecule has 2 aromatic rings. The predicted molar refractivity (Wildman–Crippen MR) is 110 cm³/mol. The zero-order chi connectivity index (χ0) is 20.4. The summed E-state index contributed by atoms with van der Waals surface area (Å²) in [5.41, 5.74) is 2.08. The Hall–Kier alpha value is -2.67. The molecule has 154 valence electrons. The van der Waals surface area contributed by atoms with E-state index in [1.54, 1.807) is 6.20 Å². The molecule has 2 aliphatic heterocycles. The van der Waals surface area contributed by atoms with Gasteiger partial charge in [0, 0.05) is 31.0 Å². The van der Waals surface area contributed by atoms with Gasteiger partial charge in [-0.3, -0.25) is 14.3 Å². The van der Waals surface area contributed by atoms with Crippen molar-refractivity contribution in [2.24, 2.45) is 0 Å². The lowest BCUT2D eigenvalue weighted by molar-refractivity contribution is -0.140. The first-order valence-corrected chi connectivity index (χ1v) is 10.3. The molecule has 7 nitrogen and oxygen atoms in total. The van der Waals surface area contributed by atoms with Crippen LogP contribution in [0.2, 0.25) is 0 Å². The molecule has 1 atom stereocenters. The van der Waals surface area contributed by atoms with Gasteiger partial charge in [-0.25, -0.2) is 0 Å². The van der Waals surface area contributed by atoms with Gasteiger partial charge < -0.3 is 14.5 Å². The Morgan fingerprint density at radius 3 is 2.72 bits per heavy atom. The van der Waals surface area contributed by atoms with Crippen molar-refractivity contribution >= 4 is 17.5 Å². The fraction of sp³-hybridized carbons (Fsp3) is 0.500. The van der Waals surface area contributed by atoms with Gasteiger partial charge in [0.2, 0.25) is 0 Å². The second-order valence-electron chi connectivity index (χ2n) is 7.89. The number of hydrogen-bond acceptors (Lipinski definition) is 4. The Morgan fingerprint density at radius 2 is 2.00 bits per heavy atom. The van der Waals surface area contributed by atoms with Gasteiger partial charge in [0.25, 0.3) is 11.8 Å². The van der Waals surface area contributed by atoms with Crippen LogP contribution in [0.25, 0.3) is 0 Å². The minimum absolute atomic E-state index is 0.0124. The van der Waals surface area contributed by atoms with Crippen LogP contribution in [0, 0.1) is 6.92 Å². The molecule has 0 N–H and O–H groups in total. The van der Waals surface area contributed by atoms with E-state index in [1.165, 1.54) is 0 Å². The number of nitrogens with zero attached hydrogens (tertiary/aromatic N) is 4. The van der Waals surface area contributed by atoms with Crippen molar-refractivity contribution in [3.8, 4) is 0 Å². The van der Waals surface area contributed by atoms with Gasteiger partial charge in [-0.1, -0.05) is 18.2 Å². The van der Waals surface area contributed by atoms with Gasteiger partial charge in [-0.15, -0.1) is 0 Å². The van der Waals surface area contributed by atoms with Crippen molar-refractivity contribution in [2.75, 3.05) is 31.1 Å². The van der Waals surface area contributed by atoms with Gasteiger partial charge in [-0.05, 0) is 45.2 Å². The summed E-state index contributed by atoms with van der Waals surface area (Å²) in [7, 11) is 0. The zero-order valence-electron chi connectivity index (χ0n) is 17.1.